The molecular formula is C15H25N3O. The second-order valence-corrected chi connectivity index (χ2v) is 5.97. The van der Waals surface area contributed by atoms with Crippen LogP contribution in [0.15, 0.2) is 12.4 Å². The van der Waals surface area contributed by atoms with Crippen molar-refractivity contribution in [2.75, 3.05) is 13.7 Å². The van der Waals surface area contributed by atoms with Crippen LogP contribution < -0.4 is 0 Å². The summed E-state index contributed by atoms with van der Waals surface area (Å²) in [6.07, 6.45) is 10.9. The number of ether oxygens (including phenoxy) is 1. The topological polar surface area (TPSA) is 30.3 Å². The van der Waals surface area contributed by atoms with Gasteiger partial charge in [0.15, 0.2) is 0 Å². The maximum absolute atomic E-state index is 5.56. The van der Waals surface area contributed by atoms with Crippen LogP contribution in [0, 0.1) is 6.92 Å². The fourth-order valence-corrected chi connectivity index (χ4v) is 3.85. The molecule has 2 aliphatic rings. The highest BCUT2D eigenvalue weighted by Crippen LogP contribution is 2.36. The molecule has 0 N–H and O–H groups in total. The summed E-state index contributed by atoms with van der Waals surface area (Å²) in [6.45, 7) is 4.40. The first-order valence-corrected chi connectivity index (χ1v) is 7.54. The van der Waals surface area contributed by atoms with E-state index < -0.39 is 0 Å². The van der Waals surface area contributed by atoms with E-state index in [-0.39, 0.29) is 0 Å². The summed E-state index contributed by atoms with van der Waals surface area (Å²) in [5, 5.41) is 0. The lowest BCUT2D eigenvalue weighted by molar-refractivity contribution is 0.00517. The first-order valence-electron chi connectivity index (χ1n) is 7.54. The van der Waals surface area contributed by atoms with Gasteiger partial charge in [0.1, 0.15) is 5.82 Å². The minimum Gasteiger partial charge on any atom is -0.381 e. The Morgan fingerprint density at radius 1 is 1.26 bits per heavy atom. The zero-order chi connectivity index (χ0) is 13.2. The third-order valence-electron chi connectivity index (χ3n) is 4.91. The van der Waals surface area contributed by atoms with Crippen molar-refractivity contribution in [3.63, 3.8) is 0 Å². The molecule has 19 heavy (non-hydrogen) atoms. The molecule has 2 fully saturated rings. The molecule has 106 valence electrons. The number of methoxy groups -OCH3 is 1. The molecule has 3 heterocycles. The summed E-state index contributed by atoms with van der Waals surface area (Å²) in [6, 6.07) is 1.54. The van der Waals surface area contributed by atoms with Gasteiger partial charge in [-0.1, -0.05) is 0 Å². The smallest absolute Gasteiger partial charge is 0.105 e. The van der Waals surface area contributed by atoms with Gasteiger partial charge in [-0.3, -0.25) is 4.90 Å². The van der Waals surface area contributed by atoms with E-state index in [9.17, 15) is 0 Å². The van der Waals surface area contributed by atoms with E-state index in [0.717, 1.165) is 24.5 Å². The summed E-state index contributed by atoms with van der Waals surface area (Å²) in [5.41, 5.74) is 0. The molecule has 4 heteroatoms. The largest absolute Gasteiger partial charge is 0.381 e. The molecule has 0 saturated carbocycles. The first-order chi connectivity index (χ1) is 9.28. The van der Waals surface area contributed by atoms with Crippen molar-refractivity contribution >= 4 is 0 Å². The maximum atomic E-state index is 5.56. The van der Waals surface area contributed by atoms with Crippen molar-refractivity contribution in [1.82, 2.24) is 14.5 Å². The van der Waals surface area contributed by atoms with E-state index in [0.29, 0.717) is 6.10 Å². The van der Waals surface area contributed by atoms with Crippen LogP contribution in [0.1, 0.15) is 37.9 Å². The van der Waals surface area contributed by atoms with E-state index in [1.54, 1.807) is 0 Å². The number of piperidine rings is 1. The van der Waals surface area contributed by atoms with Gasteiger partial charge >= 0.3 is 0 Å². The summed E-state index contributed by atoms with van der Waals surface area (Å²) in [7, 11) is 1.86. The average Bonchev–Trinajstić information content (AvgIpc) is 2.91. The summed E-state index contributed by atoms with van der Waals surface area (Å²) in [5.74, 6) is 1.13. The number of hydrogen-bond acceptors (Lipinski definition) is 3. The number of imidazole rings is 1. The Balaban J connectivity index is 1.50. The highest BCUT2D eigenvalue weighted by molar-refractivity contribution is 4.95. The lowest BCUT2D eigenvalue weighted by atomic mass is 9.99. The Hall–Kier alpha value is -0.870. The number of nitrogens with zero attached hydrogens (tertiary/aromatic N) is 3. The maximum Gasteiger partial charge on any atom is 0.105 e. The predicted octanol–water partition coefficient (Wildman–Crippen LogP) is 2.22. The van der Waals surface area contributed by atoms with E-state index in [4.69, 9.17) is 4.74 Å². The van der Waals surface area contributed by atoms with Crippen LogP contribution in [0.3, 0.4) is 0 Å². The van der Waals surface area contributed by atoms with Crippen LogP contribution in [-0.4, -0.2) is 46.3 Å². The Morgan fingerprint density at radius 3 is 2.58 bits per heavy atom. The van der Waals surface area contributed by atoms with Gasteiger partial charge in [0.05, 0.1) is 6.10 Å². The molecule has 1 unspecified atom stereocenters. The van der Waals surface area contributed by atoms with Gasteiger partial charge < -0.3 is 9.30 Å². The lowest BCUT2D eigenvalue weighted by Crippen LogP contribution is -2.45. The predicted molar refractivity (Wildman–Crippen MR) is 75.1 cm³/mol. The minimum atomic E-state index is 0.504. The fraction of sp³-hybridized carbons (Fsp3) is 0.800. The first kappa shape index (κ1) is 13.1. The number of fused-ring (bicyclic) bond motifs is 2. The van der Waals surface area contributed by atoms with Crippen molar-refractivity contribution in [2.45, 2.75) is 63.8 Å². The molecular weight excluding hydrogens is 238 g/mol. The third-order valence-corrected chi connectivity index (χ3v) is 4.91. The molecule has 2 bridgehead atoms. The molecule has 0 radical (unpaired) electrons. The van der Waals surface area contributed by atoms with Crippen LogP contribution in [0.4, 0.5) is 0 Å². The van der Waals surface area contributed by atoms with Crippen molar-refractivity contribution in [3.05, 3.63) is 18.2 Å². The summed E-state index contributed by atoms with van der Waals surface area (Å²) < 4.78 is 7.81. The average molecular weight is 263 g/mol. The lowest BCUT2D eigenvalue weighted by Gasteiger charge is -2.38. The van der Waals surface area contributed by atoms with E-state index in [2.05, 4.69) is 27.6 Å². The molecule has 0 aliphatic carbocycles. The Kier molecular flexibility index (Phi) is 3.89. The van der Waals surface area contributed by atoms with Crippen molar-refractivity contribution in [2.24, 2.45) is 0 Å². The second kappa shape index (κ2) is 5.63. The number of aryl methyl sites for hydroxylation is 2. The van der Waals surface area contributed by atoms with Crippen molar-refractivity contribution in [1.29, 1.82) is 0 Å². The van der Waals surface area contributed by atoms with Gasteiger partial charge in [-0.15, -0.1) is 0 Å². The van der Waals surface area contributed by atoms with Crippen molar-refractivity contribution < 1.29 is 4.74 Å². The van der Waals surface area contributed by atoms with Gasteiger partial charge in [0.2, 0.25) is 0 Å². The molecule has 0 spiro atoms. The quantitative estimate of drug-likeness (QED) is 0.816. The van der Waals surface area contributed by atoms with Gasteiger partial charge in [-0.05, 0) is 39.0 Å². The van der Waals surface area contributed by atoms with E-state index in [1.165, 1.54) is 38.6 Å². The molecule has 3 atom stereocenters. The van der Waals surface area contributed by atoms with E-state index in [1.807, 2.05) is 13.3 Å². The number of aromatic nitrogens is 2. The SMILES string of the molecule is COC1C[C@H]2CC[C@@H](C1)N2CCCn1ccnc1C. The van der Waals surface area contributed by atoms with Crippen LogP contribution in [-0.2, 0) is 11.3 Å². The fourth-order valence-electron chi connectivity index (χ4n) is 3.85. The van der Waals surface area contributed by atoms with Crippen LogP contribution >= 0.6 is 0 Å². The van der Waals surface area contributed by atoms with E-state index >= 15 is 0 Å². The summed E-state index contributed by atoms with van der Waals surface area (Å²) in [4.78, 5) is 7.02. The number of rotatable bonds is 5. The molecule has 0 aromatic carbocycles. The standard InChI is InChI=1S/C15H25N3O/c1-12-16-6-9-17(12)7-3-8-18-13-4-5-14(18)11-15(10-13)19-2/h6,9,13-15H,3-5,7-8,10-11H2,1-2H3/t13-,14+,15?. The molecule has 4 nitrogen and oxygen atoms in total. The van der Waals surface area contributed by atoms with Crippen LogP contribution in [0.5, 0.6) is 0 Å². The number of hydrogen-bond donors (Lipinski definition) is 0. The van der Waals surface area contributed by atoms with Gasteiger partial charge in [0.25, 0.3) is 0 Å². The Labute approximate surface area is 115 Å². The van der Waals surface area contributed by atoms with Gasteiger partial charge in [-0.2, -0.15) is 0 Å². The monoisotopic (exact) mass is 263 g/mol. The third kappa shape index (κ3) is 2.70. The minimum absolute atomic E-state index is 0.504. The molecule has 1 aromatic heterocycles. The highest BCUT2D eigenvalue weighted by atomic mass is 16.5. The molecule has 1 aromatic rings. The van der Waals surface area contributed by atoms with Crippen LogP contribution in [0.25, 0.3) is 0 Å². The molecule has 2 saturated heterocycles. The normalized spacial score (nSPS) is 30.9. The zero-order valence-corrected chi connectivity index (χ0v) is 12.1. The molecule has 2 aliphatic heterocycles. The zero-order valence-electron chi connectivity index (χ0n) is 12.1. The summed E-state index contributed by atoms with van der Waals surface area (Å²) >= 11 is 0. The second-order valence-electron chi connectivity index (χ2n) is 5.97. The van der Waals surface area contributed by atoms with Crippen LogP contribution in [0.2, 0.25) is 0 Å². The molecule has 3 rings (SSSR count). The molecule has 0 amide bonds. The Morgan fingerprint density at radius 2 is 2.00 bits per heavy atom. The van der Waals surface area contributed by atoms with Gasteiger partial charge in [-0.25, -0.2) is 4.98 Å². The highest BCUT2D eigenvalue weighted by Gasteiger charge is 2.40. The van der Waals surface area contributed by atoms with Gasteiger partial charge in [0, 0.05) is 44.7 Å². The Bertz CT molecular complexity index is 403. The van der Waals surface area contributed by atoms with Crippen molar-refractivity contribution in [3.8, 4) is 0 Å².